The molecule has 0 aliphatic rings. The average Bonchev–Trinajstić information content (AvgIpc) is 2.29. The van der Waals surface area contributed by atoms with Crippen LogP contribution in [-0.4, -0.2) is 12.6 Å². The fourth-order valence-electron chi connectivity index (χ4n) is 1.43. The second kappa shape index (κ2) is 6.88. The zero-order valence-corrected chi connectivity index (χ0v) is 9.66. The lowest BCUT2D eigenvalue weighted by molar-refractivity contribution is 0.0499. The van der Waals surface area contributed by atoms with E-state index >= 15 is 0 Å². The Hall–Kier alpha value is -1.51. The van der Waals surface area contributed by atoms with Crippen molar-refractivity contribution in [1.82, 2.24) is 5.73 Å². The zero-order valence-electron chi connectivity index (χ0n) is 9.66. The van der Waals surface area contributed by atoms with E-state index in [1.54, 1.807) is 24.3 Å². The van der Waals surface area contributed by atoms with Gasteiger partial charge in [0.05, 0.1) is 17.9 Å². The van der Waals surface area contributed by atoms with E-state index < -0.39 is 0 Å². The van der Waals surface area contributed by atoms with Gasteiger partial charge < -0.3 is 10.5 Å². The summed E-state index contributed by atoms with van der Waals surface area (Å²) in [5.74, 6) is -0.387. The van der Waals surface area contributed by atoms with Gasteiger partial charge in [-0.1, -0.05) is 38.3 Å². The van der Waals surface area contributed by atoms with Gasteiger partial charge in [-0.05, 0) is 18.6 Å². The van der Waals surface area contributed by atoms with E-state index in [9.17, 15) is 4.79 Å². The maximum atomic E-state index is 11.6. The van der Waals surface area contributed by atoms with E-state index in [4.69, 9.17) is 10.5 Å². The third-order valence-corrected chi connectivity index (χ3v) is 2.38. The first-order valence-corrected chi connectivity index (χ1v) is 5.73. The fraction of sp³-hybridized carbons (Fsp3) is 0.462. The Balaban J connectivity index is 2.33. The molecule has 0 unspecified atom stereocenters. The molecule has 0 atom stereocenters. The third kappa shape index (κ3) is 3.93. The molecule has 1 aromatic carbocycles. The van der Waals surface area contributed by atoms with E-state index in [1.807, 2.05) is 0 Å². The molecule has 1 aromatic rings. The highest BCUT2D eigenvalue weighted by atomic mass is 16.5. The summed E-state index contributed by atoms with van der Waals surface area (Å²) >= 11 is 0. The molecule has 0 fully saturated rings. The lowest BCUT2D eigenvalue weighted by atomic mass is 10.2. The predicted octanol–water partition coefficient (Wildman–Crippen LogP) is 3.34. The summed E-state index contributed by atoms with van der Waals surface area (Å²) in [6.45, 7) is 2.59. The number of hydrogen-bond donors (Lipinski definition) is 0. The van der Waals surface area contributed by atoms with Crippen molar-refractivity contribution in [2.45, 2.75) is 32.6 Å². The summed E-state index contributed by atoms with van der Waals surface area (Å²) in [6.07, 6.45) is 4.34. The Kier molecular flexibility index (Phi) is 5.40. The van der Waals surface area contributed by atoms with E-state index in [0.717, 1.165) is 12.8 Å². The number of nitrogens with one attached hydrogen (secondary N) is 1. The molecule has 0 bridgehead atoms. The molecule has 1 rings (SSSR count). The van der Waals surface area contributed by atoms with Crippen LogP contribution in [0, 0.1) is 0 Å². The Labute approximate surface area is 96.6 Å². The summed E-state index contributed by atoms with van der Waals surface area (Å²) in [4.78, 5) is 11.6. The predicted molar refractivity (Wildman–Crippen MR) is 63.6 cm³/mol. The summed E-state index contributed by atoms with van der Waals surface area (Å²) in [7, 11) is 0. The molecule has 0 saturated heterocycles. The molecule has 0 spiro atoms. The normalized spacial score (nSPS) is 10.1. The maximum Gasteiger partial charge on any atom is 0.340 e. The molecule has 0 aromatic heterocycles. The fourth-order valence-corrected chi connectivity index (χ4v) is 1.43. The van der Waals surface area contributed by atoms with Gasteiger partial charge in [0.25, 0.3) is 0 Å². The summed E-state index contributed by atoms with van der Waals surface area (Å²) < 4.78 is 5.10. The molecule has 0 saturated carbocycles. The van der Waals surface area contributed by atoms with E-state index in [2.05, 4.69) is 6.92 Å². The number of rotatable bonds is 6. The number of unbranched alkanes of at least 4 members (excludes halogenated alkanes) is 3. The largest absolute Gasteiger partial charge is 0.462 e. The van der Waals surface area contributed by atoms with Crippen LogP contribution in [0.1, 0.15) is 43.0 Å². The Morgan fingerprint density at radius 3 is 2.69 bits per heavy atom. The van der Waals surface area contributed by atoms with Gasteiger partial charge in [-0.25, -0.2) is 4.79 Å². The Morgan fingerprint density at radius 1 is 1.25 bits per heavy atom. The summed E-state index contributed by atoms with van der Waals surface area (Å²) in [5, 5.41) is 0. The van der Waals surface area contributed by atoms with Crippen molar-refractivity contribution in [3.8, 4) is 0 Å². The first-order valence-electron chi connectivity index (χ1n) is 5.73. The third-order valence-electron chi connectivity index (χ3n) is 2.38. The van der Waals surface area contributed by atoms with Crippen LogP contribution in [-0.2, 0) is 4.74 Å². The molecule has 0 aliphatic heterocycles. The standard InChI is InChI=1S/C13H18NO2/c1-2-3-4-7-10-16-13(15)11-8-5-6-9-12(11)14/h5-6,8-9,14H,2-4,7,10H2,1H3. The molecule has 0 heterocycles. The topological polar surface area (TPSA) is 50.1 Å². The quantitative estimate of drug-likeness (QED) is 0.545. The number of carbonyl (C=O) groups excluding carboxylic acids is 1. The first-order chi connectivity index (χ1) is 7.75. The van der Waals surface area contributed by atoms with Gasteiger partial charge in [0.2, 0.25) is 0 Å². The lowest BCUT2D eigenvalue weighted by Crippen LogP contribution is -2.07. The van der Waals surface area contributed by atoms with Crippen LogP contribution in [0.2, 0.25) is 0 Å². The SMILES string of the molecule is CCCCCCOC(=O)c1ccccc1[NH]. The van der Waals surface area contributed by atoms with Crippen molar-refractivity contribution in [1.29, 1.82) is 0 Å². The highest BCUT2D eigenvalue weighted by molar-refractivity contribution is 5.94. The van der Waals surface area contributed by atoms with E-state index in [1.165, 1.54) is 12.8 Å². The molecular weight excluding hydrogens is 202 g/mol. The van der Waals surface area contributed by atoms with Crippen molar-refractivity contribution < 1.29 is 9.53 Å². The van der Waals surface area contributed by atoms with Crippen LogP contribution in [0.3, 0.4) is 0 Å². The molecule has 1 radical (unpaired) electrons. The van der Waals surface area contributed by atoms with Crippen LogP contribution >= 0.6 is 0 Å². The van der Waals surface area contributed by atoms with E-state index in [0.29, 0.717) is 12.2 Å². The molecule has 16 heavy (non-hydrogen) atoms. The molecule has 0 aliphatic carbocycles. The molecule has 0 amide bonds. The Morgan fingerprint density at radius 2 is 2.00 bits per heavy atom. The van der Waals surface area contributed by atoms with Crippen molar-refractivity contribution in [2.24, 2.45) is 0 Å². The molecule has 87 valence electrons. The van der Waals surface area contributed by atoms with Crippen LogP contribution in [0.25, 0.3) is 0 Å². The number of benzene rings is 1. The second-order valence-corrected chi connectivity index (χ2v) is 3.74. The van der Waals surface area contributed by atoms with Crippen molar-refractivity contribution in [2.75, 3.05) is 6.61 Å². The minimum atomic E-state index is -0.387. The molecule has 3 nitrogen and oxygen atoms in total. The number of esters is 1. The zero-order chi connectivity index (χ0) is 11.8. The molecule has 1 N–H and O–H groups in total. The van der Waals surface area contributed by atoms with E-state index in [-0.39, 0.29) is 11.7 Å². The minimum Gasteiger partial charge on any atom is -0.462 e. The highest BCUT2D eigenvalue weighted by Crippen LogP contribution is 2.13. The van der Waals surface area contributed by atoms with Crippen molar-refractivity contribution in [3.05, 3.63) is 29.8 Å². The highest BCUT2D eigenvalue weighted by Gasteiger charge is 2.09. The van der Waals surface area contributed by atoms with Crippen LogP contribution < -0.4 is 5.73 Å². The minimum absolute atomic E-state index is 0.223. The van der Waals surface area contributed by atoms with Crippen molar-refractivity contribution >= 4 is 11.7 Å². The number of carbonyl (C=O) groups is 1. The van der Waals surface area contributed by atoms with Crippen molar-refractivity contribution in [3.63, 3.8) is 0 Å². The first kappa shape index (κ1) is 12.6. The summed E-state index contributed by atoms with van der Waals surface area (Å²) in [5.41, 5.74) is 8.12. The average molecular weight is 220 g/mol. The van der Waals surface area contributed by atoms with Crippen LogP contribution in [0.5, 0.6) is 0 Å². The van der Waals surface area contributed by atoms with Gasteiger partial charge in [0.1, 0.15) is 0 Å². The van der Waals surface area contributed by atoms with Gasteiger partial charge >= 0.3 is 5.97 Å². The van der Waals surface area contributed by atoms with Crippen LogP contribution in [0.4, 0.5) is 5.69 Å². The monoisotopic (exact) mass is 220 g/mol. The van der Waals surface area contributed by atoms with Gasteiger partial charge in [-0.3, -0.25) is 0 Å². The van der Waals surface area contributed by atoms with Crippen LogP contribution in [0.15, 0.2) is 24.3 Å². The van der Waals surface area contributed by atoms with Gasteiger partial charge in [-0.15, -0.1) is 0 Å². The Bertz CT molecular complexity index is 336. The molecule has 3 heteroatoms. The number of hydrogen-bond acceptors (Lipinski definition) is 2. The lowest BCUT2D eigenvalue weighted by Gasteiger charge is -2.05. The van der Waals surface area contributed by atoms with Gasteiger partial charge in [0, 0.05) is 0 Å². The van der Waals surface area contributed by atoms with Gasteiger partial charge in [0.15, 0.2) is 0 Å². The second-order valence-electron chi connectivity index (χ2n) is 3.74. The maximum absolute atomic E-state index is 11.6. The van der Waals surface area contributed by atoms with Gasteiger partial charge in [-0.2, -0.15) is 0 Å². The number of ether oxygens (including phenoxy) is 1. The molecular formula is C13H18NO2. The summed E-state index contributed by atoms with van der Waals surface area (Å²) in [6, 6.07) is 6.69. The smallest absolute Gasteiger partial charge is 0.340 e.